The summed E-state index contributed by atoms with van der Waals surface area (Å²) in [6.07, 6.45) is 2.75. The first-order chi connectivity index (χ1) is 17.2. The molecule has 180 valence electrons. The van der Waals surface area contributed by atoms with E-state index in [4.69, 9.17) is 9.47 Å². The molecule has 0 unspecified atom stereocenters. The van der Waals surface area contributed by atoms with Crippen LogP contribution < -0.4 is 20.1 Å². The molecule has 1 aromatic heterocycles. The summed E-state index contributed by atoms with van der Waals surface area (Å²) in [5, 5.41) is 7.32. The Morgan fingerprint density at radius 3 is 2.46 bits per heavy atom. The highest BCUT2D eigenvalue weighted by Crippen LogP contribution is 2.28. The first-order valence-electron chi connectivity index (χ1n) is 11.8. The molecule has 0 bridgehead atoms. The molecule has 0 fully saturated rings. The minimum absolute atomic E-state index is 0.289. The van der Waals surface area contributed by atoms with Crippen LogP contribution in [0.15, 0.2) is 84.0 Å². The molecular formula is C28H30N4O3. The van der Waals surface area contributed by atoms with Gasteiger partial charge in [-0.05, 0) is 62.2 Å². The molecule has 7 nitrogen and oxygen atoms in total. The zero-order valence-electron chi connectivity index (χ0n) is 20.0. The second-order valence-corrected chi connectivity index (χ2v) is 7.81. The number of carbonyl (C=O) groups is 1. The van der Waals surface area contributed by atoms with Crippen LogP contribution in [0.5, 0.6) is 11.5 Å². The lowest BCUT2D eigenvalue weighted by atomic mass is 10.1. The summed E-state index contributed by atoms with van der Waals surface area (Å²) in [7, 11) is 0. The van der Waals surface area contributed by atoms with Crippen molar-refractivity contribution in [1.82, 2.24) is 10.3 Å². The van der Waals surface area contributed by atoms with Gasteiger partial charge in [-0.25, -0.2) is 0 Å². The van der Waals surface area contributed by atoms with Gasteiger partial charge < -0.3 is 19.8 Å². The highest BCUT2D eigenvalue weighted by Gasteiger charge is 2.14. The number of aliphatic imine (C=N–C) groups is 1. The lowest BCUT2D eigenvalue weighted by Crippen LogP contribution is -2.36. The summed E-state index contributed by atoms with van der Waals surface area (Å²) in [5.74, 6) is 1.24. The second-order valence-electron chi connectivity index (χ2n) is 7.81. The van der Waals surface area contributed by atoms with E-state index in [1.807, 2.05) is 62.5 Å². The van der Waals surface area contributed by atoms with Gasteiger partial charge in [-0.15, -0.1) is 0 Å². The number of ether oxygens (including phenoxy) is 2. The van der Waals surface area contributed by atoms with Crippen molar-refractivity contribution in [1.29, 1.82) is 0 Å². The molecule has 0 atom stereocenters. The summed E-state index contributed by atoms with van der Waals surface area (Å²) >= 11 is 0. The van der Waals surface area contributed by atoms with Crippen LogP contribution in [0.2, 0.25) is 0 Å². The minimum Gasteiger partial charge on any atom is -0.490 e. The molecule has 0 aliphatic heterocycles. The number of fused-ring (bicyclic) bond motifs is 1. The number of rotatable bonds is 9. The highest BCUT2D eigenvalue weighted by molar-refractivity contribution is 6.10. The first kappa shape index (κ1) is 23.9. The lowest BCUT2D eigenvalue weighted by molar-refractivity contribution is 0.0976. The number of aromatic nitrogens is 1. The number of nitrogens with one attached hydrogen (secondary N) is 3. The van der Waals surface area contributed by atoms with E-state index in [0.29, 0.717) is 42.8 Å². The monoisotopic (exact) mass is 470 g/mol. The number of benzene rings is 3. The molecule has 0 aliphatic carbocycles. The topological polar surface area (TPSA) is 87.7 Å². The number of para-hydroxylation sites is 2. The Hall–Kier alpha value is -4.26. The Labute approximate surface area is 205 Å². The molecular weight excluding hydrogens is 440 g/mol. The number of H-pyrrole nitrogens is 1. The molecule has 3 aromatic carbocycles. The predicted molar refractivity (Wildman–Crippen MR) is 141 cm³/mol. The summed E-state index contributed by atoms with van der Waals surface area (Å²) in [4.78, 5) is 21.1. The Morgan fingerprint density at radius 2 is 1.66 bits per heavy atom. The number of hydrogen-bond donors (Lipinski definition) is 3. The van der Waals surface area contributed by atoms with Crippen molar-refractivity contribution >= 4 is 28.5 Å². The van der Waals surface area contributed by atoms with Gasteiger partial charge in [-0.3, -0.25) is 15.1 Å². The average molecular weight is 471 g/mol. The van der Waals surface area contributed by atoms with Crippen molar-refractivity contribution in [2.75, 3.05) is 25.1 Å². The van der Waals surface area contributed by atoms with E-state index in [1.165, 1.54) is 10.9 Å². The molecule has 0 radical (unpaired) electrons. The number of carbonyl (C=O) groups excluding carboxylic acids is 1. The van der Waals surface area contributed by atoms with E-state index >= 15 is 0 Å². The average Bonchev–Trinajstić information content (AvgIpc) is 3.29. The Kier molecular flexibility index (Phi) is 8.01. The van der Waals surface area contributed by atoms with Crippen LogP contribution in [0.25, 0.3) is 10.9 Å². The van der Waals surface area contributed by atoms with Gasteiger partial charge >= 0.3 is 0 Å². The molecule has 7 heteroatoms. The van der Waals surface area contributed by atoms with Crippen LogP contribution in [0, 0.1) is 0 Å². The van der Waals surface area contributed by atoms with Crippen LogP contribution in [0.1, 0.15) is 29.8 Å². The van der Waals surface area contributed by atoms with E-state index in [1.54, 1.807) is 18.2 Å². The summed E-state index contributed by atoms with van der Waals surface area (Å²) in [5.41, 5.74) is 3.57. The van der Waals surface area contributed by atoms with Gasteiger partial charge in [0.1, 0.15) is 0 Å². The quantitative estimate of drug-likeness (QED) is 0.226. The number of anilines is 1. The lowest BCUT2D eigenvalue weighted by Gasteiger charge is -2.14. The van der Waals surface area contributed by atoms with Gasteiger partial charge in [-0.2, -0.15) is 0 Å². The fourth-order valence-electron chi connectivity index (χ4n) is 3.77. The minimum atomic E-state index is -0.289. The van der Waals surface area contributed by atoms with Crippen LogP contribution in [0.4, 0.5) is 5.69 Å². The number of aromatic amines is 1. The molecule has 3 N–H and O–H groups in total. The molecule has 0 spiro atoms. The van der Waals surface area contributed by atoms with Crippen molar-refractivity contribution < 1.29 is 14.3 Å². The van der Waals surface area contributed by atoms with Crippen molar-refractivity contribution in [3.8, 4) is 11.5 Å². The highest BCUT2D eigenvalue weighted by atomic mass is 16.5. The van der Waals surface area contributed by atoms with E-state index < -0.39 is 0 Å². The predicted octanol–water partition coefficient (Wildman–Crippen LogP) is 5.41. The van der Waals surface area contributed by atoms with Crippen LogP contribution >= 0.6 is 0 Å². The van der Waals surface area contributed by atoms with E-state index in [-0.39, 0.29) is 5.91 Å². The van der Waals surface area contributed by atoms with Gasteiger partial charge in [0, 0.05) is 34.9 Å². The molecule has 1 amide bonds. The van der Waals surface area contributed by atoms with Gasteiger partial charge in [0.15, 0.2) is 11.5 Å². The number of nitrogens with zero attached hydrogens (tertiary/aromatic N) is 1. The molecule has 4 aromatic rings. The van der Waals surface area contributed by atoms with Gasteiger partial charge in [0.05, 0.1) is 13.2 Å². The molecule has 35 heavy (non-hydrogen) atoms. The standard InChI is InChI=1S/C28H30N4O3/c1-3-34-25-15-14-20(18-26(25)35-4-2)27(33)32-28(31-22-10-6-5-7-11-22)29-17-16-21-19-30-24-13-9-8-12-23(21)24/h5-15,18-19,30H,3-4,16-17H2,1-2H3,(H2,29,31,32,33). The SMILES string of the molecule is CCOc1ccc(C(=O)NC(=NCCc2c[nH]c3ccccc23)Nc2ccccc2)cc1OCC. The van der Waals surface area contributed by atoms with Crippen LogP contribution in [0.3, 0.4) is 0 Å². The molecule has 0 aliphatic rings. The van der Waals surface area contributed by atoms with Crippen LogP contribution in [-0.4, -0.2) is 36.6 Å². The van der Waals surface area contributed by atoms with Crippen LogP contribution in [-0.2, 0) is 6.42 Å². The molecule has 4 rings (SSSR count). The summed E-state index contributed by atoms with van der Waals surface area (Å²) in [6, 6.07) is 23.0. The fourth-order valence-corrected chi connectivity index (χ4v) is 3.77. The third-order valence-corrected chi connectivity index (χ3v) is 5.40. The van der Waals surface area contributed by atoms with Crippen molar-refractivity contribution in [3.63, 3.8) is 0 Å². The Bertz CT molecular complexity index is 1300. The number of hydrogen-bond acceptors (Lipinski definition) is 4. The third kappa shape index (κ3) is 6.20. The van der Waals surface area contributed by atoms with E-state index in [9.17, 15) is 4.79 Å². The number of amides is 1. The van der Waals surface area contributed by atoms with E-state index in [2.05, 4.69) is 32.7 Å². The van der Waals surface area contributed by atoms with Crippen molar-refractivity contribution in [2.24, 2.45) is 4.99 Å². The fraction of sp³-hybridized carbons (Fsp3) is 0.214. The van der Waals surface area contributed by atoms with Gasteiger partial charge in [0.2, 0.25) is 5.96 Å². The summed E-state index contributed by atoms with van der Waals surface area (Å²) in [6.45, 7) is 5.29. The normalized spacial score (nSPS) is 11.3. The second kappa shape index (κ2) is 11.7. The smallest absolute Gasteiger partial charge is 0.258 e. The Balaban J connectivity index is 1.52. The maximum atomic E-state index is 13.1. The molecule has 1 heterocycles. The first-order valence-corrected chi connectivity index (χ1v) is 11.8. The maximum absolute atomic E-state index is 13.1. The zero-order chi connectivity index (χ0) is 24.5. The third-order valence-electron chi connectivity index (χ3n) is 5.40. The van der Waals surface area contributed by atoms with Crippen molar-refractivity contribution in [2.45, 2.75) is 20.3 Å². The number of guanidine groups is 1. The van der Waals surface area contributed by atoms with Crippen molar-refractivity contribution in [3.05, 3.63) is 90.1 Å². The van der Waals surface area contributed by atoms with Gasteiger partial charge in [0.25, 0.3) is 5.91 Å². The Morgan fingerprint density at radius 1 is 0.914 bits per heavy atom. The summed E-state index contributed by atoms with van der Waals surface area (Å²) < 4.78 is 11.3. The maximum Gasteiger partial charge on any atom is 0.258 e. The molecule has 0 saturated carbocycles. The van der Waals surface area contributed by atoms with Gasteiger partial charge in [-0.1, -0.05) is 36.4 Å². The zero-order valence-corrected chi connectivity index (χ0v) is 20.0. The van der Waals surface area contributed by atoms with E-state index in [0.717, 1.165) is 17.6 Å². The molecule has 0 saturated heterocycles. The largest absolute Gasteiger partial charge is 0.490 e.